The molecule has 0 spiro atoms. The van der Waals surface area contributed by atoms with Crippen LogP contribution in [-0.4, -0.2) is 45.0 Å². The van der Waals surface area contributed by atoms with Crippen molar-refractivity contribution in [3.63, 3.8) is 0 Å². The van der Waals surface area contributed by atoms with E-state index in [1.165, 1.54) is 0 Å². The van der Waals surface area contributed by atoms with Crippen molar-refractivity contribution in [1.82, 2.24) is 9.47 Å². The highest BCUT2D eigenvalue weighted by Gasteiger charge is 2.34. The number of hydrogen-bond acceptors (Lipinski definition) is 3. The fourth-order valence-corrected chi connectivity index (χ4v) is 5.81. The minimum Gasteiger partial charge on any atom is -0.389 e. The monoisotopic (exact) mass is 528 g/mol. The molecule has 0 bridgehead atoms. The maximum atomic E-state index is 13.3. The smallest absolute Gasteiger partial charge is 0.222 e. The number of carbonyl (C=O) groups is 2. The molecule has 1 N–H and O–H groups in total. The van der Waals surface area contributed by atoms with Crippen molar-refractivity contribution >= 4 is 34.2 Å². The fraction of sp³-hybridized carbons (Fsp3) is 0.312. The second-order valence-corrected chi connectivity index (χ2v) is 10.9. The van der Waals surface area contributed by atoms with Crippen LogP contribution in [0.4, 0.5) is 0 Å². The summed E-state index contributed by atoms with van der Waals surface area (Å²) in [6.07, 6.45) is 2.66. The van der Waals surface area contributed by atoms with Crippen LogP contribution in [0.5, 0.6) is 0 Å². The van der Waals surface area contributed by atoms with Gasteiger partial charge in [-0.1, -0.05) is 54.1 Å². The number of halogens is 1. The maximum Gasteiger partial charge on any atom is 0.222 e. The van der Waals surface area contributed by atoms with Crippen molar-refractivity contribution in [2.24, 2.45) is 7.05 Å². The molecule has 1 aliphatic rings. The number of amides is 1. The first kappa shape index (κ1) is 26.2. The zero-order valence-electron chi connectivity index (χ0n) is 21.9. The fourth-order valence-electron chi connectivity index (χ4n) is 5.68. The standard InChI is InChI=1S/C32H33ClN2O3/c1-22(36)25-10-14-29-28(20-25)27(31(34(29)2)24-8-11-26(33)12-9-24)13-15-30(37)35-18-16-32(38,17-19-35)21-23-6-4-3-5-7-23/h3-12,14,20,38H,13,15-19,21H2,1-2H3. The van der Waals surface area contributed by atoms with Crippen LogP contribution in [0.3, 0.4) is 0 Å². The van der Waals surface area contributed by atoms with Gasteiger partial charge < -0.3 is 14.6 Å². The van der Waals surface area contributed by atoms with Crippen molar-refractivity contribution in [2.75, 3.05) is 13.1 Å². The molecule has 0 saturated carbocycles. The summed E-state index contributed by atoms with van der Waals surface area (Å²) < 4.78 is 2.13. The lowest BCUT2D eigenvalue weighted by Crippen LogP contribution is -2.47. The Balaban J connectivity index is 1.36. The third-order valence-electron chi connectivity index (χ3n) is 7.84. The van der Waals surface area contributed by atoms with E-state index in [2.05, 4.69) is 4.57 Å². The lowest BCUT2D eigenvalue weighted by atomic mass is 9.85. The van der Waals surface area contributed by atoms with Gasteiger partial charge in [0.2, 0.25) is 5.91 Å². The average Bonchev–Trinajstić information content (AvgIpc) is 3.19. The van der Waals surface area contributed by atoms with Gasteiger partial charge in [0.15, 0.2) is 5.78 Å². The number of aryl methyl sites for hydroxylation is 2. The van der Waals surface area contributed by atoms with Crippen LogP contribution in [0.15, 0.2) is 72.8 Å². The van der Waals surface area contributed by atoms with E-state index < -0.39 is 5.60 Å². The highest BCUT2D eigenvalue weighted by atomic mass is 35.5. The van der Waals surface area contributed by atoms with Gasteiger partial charge in [0.1, 0.15) is 0 Å². The van der Waals surface area contributed by atoms with E-state index in [1.807, 2.05) is 84.7 Å². The zero-order valence-corrected chi connectivity index (χ0v) is 22.7. The number of likely N-dealkylation sites (tertiary alicyclic amines) is 1. The summed E-state index contributed by atoms with van der Waals surface area (Å²) >= 11 is 6.15. The average molecular weight is 529 g/mol. The summed E-state index contributed by atoms with van der Waals surface area (Å²) in [7, 11) is 2.02. The van der Waals surface area contributed by atoms with Gasteiger partial charge in [-0.15, -0.1) is 0 Å². The van der Waals surface area contributed by atoms with Gasteiger partial charge in [-0.05, 0) is 73.2 Å². The Morgan fingerprint density at radius 1 is 0.974 bits per heavy atom. The molecule has 196 valence electrons. The van der Waals surface area contributed by atoms with Gasteiger partial charge in [0.05, 0.1) is 11.3 Å². The molecule has 1 fully saturated rings. The third kappa shape index (κ3) is 5.40. The molecule has 3 aromatic carbocycles. The summed E-state index contributed by atoms with van der Waals surface area (Å²) in [5, 5.41) is 12.8. The highest BCUT2D eigenvalue weighted by molar-refractivity contribution is 6.30. The van der Waals surface area contributed by atoms with E-state index in [4.69, 9.17) is 11.6 Å². The number of benzene rings is 3. The first-order chi connectivity index (χ1) is 18.2. The second kappa shape index (κ2) is 10.8. The van der Waals surface area contributed by atoms with Gasteiger partial charge >= 0.3 is 0 Å². The van der Waals surface area contributed by atoms with Gasteiger partial charge in [0, 0.05) is 54.5 Å². The predicted octanol–water partition coefficient (Wildman–Crippen LogP) is 6.23. The molecular weight excluding hydrogens is 496 g/mol. The molecule has 1 saturated heterocycles. The topological polar surface area (TPSA) is 62.5 Å². The molecule has 1 aromatic heterocycles. The van der Waals surface area contributed by atoms with E-state index in [9.17, 15) is 14.7 Å². The Hall–Kier alpha value is -3.41. The molecule has 0 unspecified atom stereocenters. The van der Waals surface area contributed by atoms with Crippen LogP contribution in [-0.2, 0) is 24.7 Å². The molecule has 0 aliphatic carbocycles. The molecular formula is C32H33ClN2O3. The molecule has 1 aliphatic heterocycles. The summed E-state index contributed by atoms with van der Waals surface area (Å²) in [5.41, 5.74) is 5.12. The number of rotatable bonds is 7. The van der Waals surface area contributed by atoms with Crippen LogP contribution in [0.2, 0.25) is 5.02 Å². The van der Waals surface area contributed by atoms with Crippen LogP contribution in [0, 0.1) is 0 Å². The Morgan fingerprint density at radius 2 is 1.66 bits per heavy atom. The van der Waals surface area contributed by atoms with E-state index in [0.29, 0.717) is 55.8 Å². The van der Waals surface area contributed by atoms with Gasteiger partial charge in [-0.25, -0.2) is 0 Å². The first-order valence-corrected chi connectivity index (χ1v) is 13.5. The molecule has 2 heterocycles. The second-order valence-electron chi connectivity index (χ2n) is 10.4. The minimum absolute atomic E-state index is 0.0159. The van der Waals surface area contributed by atoms with Crippen molar-refractivity contribution in [2.45, 2.75) is 44.6 Å². The minimum atomic E-state index is -0.779. The summed E-state index contributed by atoms with van der Waals surface area (Å²) in [4.78, 5) is 27.3. The van der Waals surface area contributed by atoms with Crippen LogP contribution < -0.4 is 0 Å². The van der Waals surface area contributed by atoms with Crippen LogP contribution in [0.25, 0.3) is 22.2 Å². The molecule has 5 rings (SSSR count). The summed E-state index contributed by atoms with van der Waals surface area (Å²) in [6, 6.07) is 23.5. The number of carbonyl (C=O) groups excluding carboxylic acids is 2. The Kier molecular flexibility index (Phi) is 7.42. The number of aliphatic hydroxyl groups is 1. The molecule has 0 atom stereocenters. The van der Waals surface area contributed by atoms with E-state index in [1.54, 1.807) is 6.92 Å². The predicted molar refractivity (Wildman–Crippen MR) is 153 cm³/mol. The molecule has 5 nitrogen and oxygen atoms in total. The van der Waals surface area contributed by atoms with Crippen molar-refractivity contribution in [3.05, 3.63) is 94.5 Å². The zero-order chi connectivity index (χ0) is 26.9. The number of ketones is 1. The maximum absolute atomic E-state index is 13.3. The van der Waals surface area contributed by atoms with Crippen LogP contribution >= 0.6 is 11.6 Å². The van der Waals surface area contributed by atoms with Gasteiger partial charge in [-0.2, -0.15) is 0 Å². The number of piperidine rings is 1. The highest BCUT2D eigenvalue weighted by Crippen LogP contribution is 2.35. The summed E-state index contributed by atoms with van der Waals surface area (Å²) in [5.74, 6) is 0.107. The van der Waals surface area contributed by atoms with Crippen molar-refractivity contribution < 1.29 is 14.7 Å². The largest absolute Gasteiger partial charge is 0.389 e. The van der Waals surface area contributed by atoms with E-state index in [-0.39, 0.29) is 11.7 Å². The molecule has 6 heteroatoms. The van der Waals surface area contributed by atoms with Crippen LogP contribution in [0.1, 0.15) is 47.7 Å². The van der Waals surface area contributed by atoms with Crippen molar-refractivity contribution in [1.29, 1.82) is 0 Å². The van der Waals surface area contributed by atoms with E-state index in [0.717, 1.165) is 33.3 Å². The molecule has 0 radical (unpaired) electrons. The number of aromatic nitrogens is 1. The quantitative estimate of drug-likeness (QED) is 0.289. The number of nitrogens with zero attached hydrogens (tertiary/aromatic N) is 2. The molecule has 1 amide bonds. The lowest BCUT2D eigenvalue weighted by molar-refractivity contribution is -0.135. The SMILES string of the molecule is CC(=O)c1ccc2c(c1)c(CCC(=O)N1CCC(O)(Cc3ccccc3)CC1)c(-c1ccc(Cl)cc1)n2C. The number of fused-ring (bicyclic) bond motifs is 1. The molecule has 38 heavy (non-hydrogen) atoms. The summed E-state index contributed by atoms with van der Waals surface area (Å²) in [6.45, 7) is 2.68. The molecule has 4 aromatic rings. The van der Waals surface area contributed by atoms with Crippen molar-refractivity contribution in [3.8, 4) is 11.3 Å². The Morgan fingerprint density at radius 3 is 2.32 bits per heavy atom. The van der Waals surface area contributed by atoms with Gasteiger partial charge in [0.25, 0.3) is 0 Å². The Labute approximate surface area is 228 Å². The van der Waals surface area contributed by atoms with E-state index >= 15 is 0 Å². The first-order valence-electron chi connectivity index (χ1n) is 13.2. The van der Waals surface area contributed by atoms with Gasteiger partial charge in [-0.3, -0.25) is 9.59 Å². The lowest BCUT2D eigenvalue weighted by Gasteiger charge is -2.38. The number of hydrogen-bond donors (Lipinski definition) is 1. The number of Topliss-reactive ketones (excluding diaryl/α,β-unsaturated/α-hetero) is 1. The Bertz CT molecular complexity index is 1470. The normalized spacial score (nSPS) is 15.1. The third-order valence-corrected chi connectivity index (χ3v) is 8.09.